The summed E-state index contributed by atoms with van der Waals surface area (Å²) >= 11 is 0. The minimum absolute atomic E-state index is 0.0987. The molecule has 132 valence electrons. The summed E-state index contributed by atoms with van der Waals surface area (Å²) in [5.41, 5.74) is 1.03. The van der Waals surface area contributed by atoms with Crippen LogP contribution in [0.2, 0.25) is 0 Å². The van der Waals surface area contributed by atoms with Gasteiger partial charge < -0.3 is 5.32 Å². The van der Waals surface area contributed by atoms with Gasteiger partial charge in [0.2, 0.25) is 0 Å². The van der Waals surface area contributed by atoms with Crippen LogP contribution in [0.5, 0.6) is 0 Å². The van der Waals surface area contributed by atoms with Gasteiger partial charge in [0.05, 0.1) is 17.4 Å². The Labute approximate surface area is 149 Å². The number of Topliss-reactive ketones (excluding diaryl/α,β-unsaturated/α-hetero) is 1. The van der Waals surface area contributed by atoms with Crippen LogP contribution in [-0.4, -0.2) is 20.5 Å². The second kappa shape index (κ2) is 7.26. The lowest BCUT2D eigenvalue weighted by molar-refractivity contribution is 0.101. The first-order chi connectivity index (χ1) is 12.5. The molecule has 26 heavy (non-hydrogen) atoms. The maximum atomic E-state index is 13.7. The van der Waals surface area contributed by atoms with E-state index in [2.05, 4.69) is 15.4 Å². The highest BCUT2D eigenvalue weighted by molar-refractivity contribution is 6.05. The van der Waals surface area contributed by atoms with E-state index in [-0.39, 0.29) is 22.7 Å². The molecule has 1 aromatic carbocycles. The molecule has 0 aliphatic rings. The molecule has 6 nitrogen and oxygen atoms in total. The summed E-state index contributed by atoms with van der Waals surface area (Å²) in [6.07, 6.45) is 3.15. The molecule has 0 unspecified atom stereocenters. The van der Waals surface area contributed by atoms with E-state index in [9.17, 15) is 14.0 Å². The number of aromatic nitrogens is 3. The maximum Gasteiger partial charge on any atom is 0.291 e. The smallest absolute Gasteiger partial charge is 0.291 e. The number of benzene rings is 1. The van der Waals surface area contributed by atoms with Crippen molar-refractivity contribution in [1.82, 2.24) is 14.8 Å². The molecule has 0 atom stereocenters. The minimum Gasteiger partial charge on any atom is -0.349 e. The van der Waals surface area contributed by atoms with Gasteiger partial charge in [-0.25, -0.2) is 9.07 Å². The first kappa shape index (κ1) is 17.5. The Morgan fingerprint density at radius 2 is 2.08 bits per heavy atom. The molecule has 0 fully saturated rings. The molecule has 0 radical (unpaired) electrons. The second-order valence-electron chi connectivity index (χ2n) is 5.65. The topological polar surface area (TPSA) is 76.9 Å². The summed E-state index contributed by atoms with van der Waals surface area (Å²) in [5, 5.41) is 7.26. The molecule has 0 aliphatic carbocycles. The number of anilines is 2. The molecule has 2 aromatic heterocycles. The zero-order valence-corrected chi connectivity index (χ0v) is 14.4. The number of rotatable bonds is 5. The molecule has 0 saturated heterocycles. The van der Waals surface area contributed by atoms with E-state index in [0.717, 1.165) is 0 Å². The van der Waals surface area contributed by atoms with Crippen molar-refractivity contribution in [2.45, 2.75) is 20.4 Å². The van der Waals surface area contributed by atoms with Crippen LogP contribution in [0.25, 0.3) is 11.3 Å². The zero-order chi connectivity index (χ0) is 18.7. The fourth-order valence-electron chi connectivity index (χ4n) is 2.66. The van der Waals surface area contributed by atoms with Crippen molar-refractivity contribution in [1.29, 1.82) is 0 Å². The number of carbonyl (C=O) groups excluding carboxylic acids is 1. The SMILES string of the molecule is CCn1nc(-c2cccc(F)c2)c(C(C)=O)c(Nc2cccnc2)c1=O. The van der Waals surface area contributed by atoms with Crippen molar-refractivity contribution in [2.24, 2.45) is 0 Å². The van der Waals surface area contributed by atoms with Gasteiger partial charge in [-0.3, -0.25) is 14.6 Å². The molecule has 0 amide bonds. The highest BCUT2D eigenvalue weighted by atomic mass is 19.1. The Morgan fingerprint density at radius 1 is 1.27 bits per heavy atom. The standard InChI is InChI=1S/C19H17FN4O2/c1-3-24-19(26)18(22-15-8-5-9-21-11-15)16(12(2)25)17(23-24)13-6-4-7-14(20)10-13/h4-11,22H,3H2,1-2H3. The van der Waals surface area contributed by atoms with Gasteiger partial charge in [0.15, 0.2) is 5.78 Å². The van der Waals surface area contributed by atoms with Crippen LogP contribution >= 0.6 is 0 Å². The number of halogens is 1. The summed E-state index contributed by atoms with van der Waals surface area (Å²) in [6, 6.07) is 9.22. The molecule has 0 spiro atoms. The van der Waals surface area contributed by atoms with Crippen molar-refractivity contribution in [3.63, 3.8) is 0 Å². The van der Waals surface area contributed by atoms with Crippen LogP contribution in [0.1, 0.15) is 24.2 Å². The summed E-state index contributed by atoms with van der Waals surface area (Å²) in [6.45, 7) is 3.43. The molecule has 7 heteroatoms. The van der Waals surface area contributed by atoms with Crippen LogP contribution in [-0.2, 0) is 6.54 Å². The van der Waals surface area contributed by atoms with Crippen molar-refractivity contribution in [3.05, 3.63) is 70.5 Å². The molecule has 0 bridgehead atoms. The van der Waals surface area contributed by atoms with Crippen LogP contribution in [0.3, 0.4) is 0 Å². The van der Waals surface area contributed by atoms with Gasteiger partial charge >= 0.3 is 0 Å². The van der Waals surface area contributed by atoms with E-state index >= 15 is 0 Å². The number of hydrogen-bond donors (Lipinski definition) is 1. The lowest BCUT2D eigenvalue weighted by Gasteiger charge is -2.16. The van der Waals surface area contributed by atoms with E-state index in [1.54, 1.807) is 37.5 Å². The normalized spacial score (nSPS) is 10.6. The summed E-state index contributed by atoms with van der Waals surface area (Å²) in [5.74, 6) is -0.793. The Kier molecular flexibility index (Phi) is 4.88. The minimum atomic E-state index is -0.449. The first-order valence-electron chi connectivity index (χ1n) is 8.10. The highest BCUT2D eigenvalue weighted by Crippen LogP contribution is 2.27. The summed E-state index contributed by atoms with van der Waals surface area (Å²) < 4.78 is 14.9. The van der Waals surface area contributed by atoms with E-state index in [1.807, 2.05) is 0 Å². The fourth-order valence-corrected chi connectivity index (χ4v) is 2.66. The van der Waals surface area contributed by atoms with Crippen molar-refractivity contribution in [2.75, 3.05) is 5.32 Å². The van der Waals surface area contributed by atoms with Crippen LogP contribution < -0.4 is 10.9 Å². The van der Waals surface area contributed by atoms with Gasteiger partial charge in [0.25, 0.3) is 5.56 Å². The van der Waals surface area contributed by atoms with Gasteiger partial charge in [0.1, 0.15) is 17.2 Å². The maximum absolute atomic E-state index is 13.7. The van der Waals surface area contributed by atoms with Gasteiger partial charge in [-0.2, -0.15) is 5.10 Å². The third kappa shape index (κ3) is 3.37. The van der Waals surface area contributed by atoms with Crippen LogP contribution in [0, 0.1) is 5.82 Å². The average Bonchev–Trinajstić information content (AvgIpc) is 2.63. The van der Waals surface area contributed by atoms with E-state index in [1.165, 1.54) is 29.8 Å². The van der Waals surface area contributed by atoms with E-state index in [0.29, 0.717) is 17.8 Å². The van der Waals surface area contributed by atoms with Crippen LogP contribution in [0.15, 0.2) is 53.6 Å². The number of nitrogens with one attached hydrogen (secondary N) is 1. The molecule has 3 rings (SSSR count). The lowest BCUT2D eigenvalue weighted by Crippen LogP contribution is -2.28. The predicted octanol–water partition coefficient (Wildman–Crippen LogP) is 3.41. The van der Waals surface area contributed by atoms with E-state index in [4.69, 9.17) is 0 Å². The Bertz CT molecular complexity index is 1020. The number of ketones is 1. The molecule has 0 aliphatic heterocycles. The summed E-state index contributed by atoms with van der Waals surface area (Å²) in [4.78, 5) is 29.1. The summed E-state index contributed by atoms with van der Waals surface area (Å²) in [7, 11) is 0. The second-order valence-corrected chi connectivity index (χ2v) is 5.65. The van der Waals surface area contributed by atoms with Gasteiger partial charge in [-0.05, 0) is 38.1 Å². The molecular formula is C19H17FN4O2. The van der Waals surface area contributed by atoms with Crippen LogP contribution in [0.4, 0.5) is 15.8 Å². The van der Waals surface area contributed by atoms with Crippen molar-refractivity contribution in [3.8, 4) is 11.3 Å². The van der Waals surface area contributed by atoms with Gasteiger partial charge in [0, 0.05) is 18.3 Å². The Morgan fingerprint density at radius 3 is 2.69 bits per heavy atom. The highest BCUT2D eigenvalue weighted by Gasteiger charge is 2.22. The predicted molar refractivity (Wildman–Crippen MR) is 97.1 cm³/mol. The van der Waals surface area contributed by atoms with E-state index < -0.39 is 11.4 Å². The van der Waals surface area contributed by atoms with Gasteiger partial charge in [-0.1, -0.05) is 12.1 Å². The number of carbonyl (C=O) groups is 1. The molecule has 0 saturated carbocycles. The number of hydrogen-bond acceptors (Lipinski definition) is 5. The third-order valence-corrected chi connectivity index (χ3v) is 3.84. The lowest BCUT2D eigenvalue weighted by atomic mass is 10.0. The zero-order valence-electron chi connectivity index (χ0n) is 14.4. The Balaban J connectivity index is 2.29. The fraction of sp³-hybridized carbons (Fsp3) is 0.158. The largest absolute Gasteiger partial charge is 0.349 e. The Hall–Kier alpha value is -3.35. The van der Waals surface area contributed by atoms with Gasteiger partial charge in [-0.15, -0.1) is 0 Å². The third-order valence-electron chi connectivity index (χ3n) is 3.84. The average molecular weight is 352 g/mol. The monoisotopic (exact) mass is 352 g/mol. The number of aryl methyl sites for hydroxylation is 1. The van der Waals surface area contributed by atoms with Crippen molar-refractivity contribution < 1.29 is 9.18 Å². The molecule has 2 heterocycles. The quantitative estimate of drug-likeness (QED) is 0.712. The number of pyridine rings is 1. The molecule has 1 N–H and O–H groups in total. The molecule has 3 aromatic rings. The number of nitrogens with zero attached hydrogens (tertiary/aromatic N) is 3. The molecular weight excluding hydrogens is 335 g/mol. The first-order valence-corrected chi connectivity index (χ1v) is 8.10. The van der Waals surface area contributed by atoms with Crippen molar-refractivity contribution >= 4 is 17.2 Å².